The molecule has 0 aliphatic carbocycles. The highest BCUT2D eigenvalue weighted by Crippen LogP contribution is 2.35. The van der Waals surface area contributed by atoms with Crippen molar-refractivity contribution in [2.75, 3.05) is 20.2 Å². The Labute approximate surface area is 284 Å². The molecule has 2 saturated heterocycles. The third-order valence-corrected chi connectivity index (χ3v) is 9.57. The lowest BCUT2D eigenvalue weighted by Crippen LogP contribution is -2.42. The van der Waals surface area contributed by atoms with Crippen LogP contribution in [-0.2, 0) is 14.3 Å². The van der Waals surface area contributed by atoms with Crippen LogP contribution in [0.25, 0.3) is 33.6 Å². The van der Waals surface area contributed by atoms with E-state index in [-0.39, 0.29) is 23.9 Å². The lowest BCUT2D eigenvalue weighted by atomic mass is 10.0. The van der Waals surface area contributed by atoms with Gasteiger partial charge in [0.15, 0.2) is 0 Å². The summed E-state index contributed by atoms with van der Waals surface area (Å²) in [6.45, 7) is 2.96. The van der Waals surface area contributed by atoms with Crippen molar-refractivity contribution in [1.82, 2.24) is 35.1 Å². The van der Waals surface area contributed by atoms with Gasteiger partial charge < -0.3 is 29.8 Å². The molecule has 0 spiro atoms. The molecular formula is C38H39N7O4. The molecule has 5 aromatic rings. The Morgan fingerprint density at radius 1 is 0.735 bits per heavy atom. The second-order valence-electron chi connectivity index (χ2n) is 12.6. The van der Waals surface area contributed by atoms with Gasteiger partial charge in [-0.25, -0.2) is 14.8 Å². The molecular weight excluding hydrogens is 618 g/mol. The maximum absolute atomic E-state index is 13.8. The van der Waals surface area contributed by atoms with Crippen LogP contribution >= 0.6 is 0 Å². The summed E-state index contributed by atoms with van der Waals surface area (Å²) in [7, 11) is 1.29. The Bertz CT molecular complexity index is 1930. The van der Waals surface area contributed by atoms with Crippen molar-refractivity contribution in [3.05, 3.63) is 108 Å². The summed E-state index contributed by atoms with van der Waals surface area (Å²) in [5, 5.41) is 2.71. The number of nitrogens with zero attached hydrogens (tertiary/aromatic N) is 4. The van der Waals surface area contributed by atoms with Gasteiger partial charge in [-0.15, -0.1) is 0 Å². The molecule has 0 saturated carbocycles. The highest BCUT2D eigenvalue weighted by Gasteiger charge is 2.37. The lowest BCUT2D eigenvalue weighted by Gasteiger charge is -2.28. The maximum Gasteiger partial charge on any atom is 0.407 e. The van der Waals surface area contributed by atoms with Gasteiger partial charge >= 0.3 is 6.09 Å². The first kappa shape index (κ1) is 31.9. The summed E-state index contributed by atoms with van der Waals surface area (Å²) < 4.78 is 4.81. The van der Waals surface area contributed by atoms with Crippen LogP contribution in [0, 0.1) is 0 Å². The molecule has 2 aromatic heterocycles. The van der Waals surface area contributed by atoms with Crippen molar-refractivity contribution in [2.24, 2.45) is 0 Å². The van der Waals surface area contributed by atoms with Crippen LogP contribution in [-0.4, -0.2) is 67.8 Å². The fourth-order valence-electron chi connectivity index (χ4n) is 7.01. The minimum atomic E-state index is -0.863. The predicted octanol–water partition coefficient (Wildman–Crippen LogP) is 6.58. The zero-order chi connectivity index (χ0) is 33.9. The SMILES string of the molecule is COC(=O)N[C@@H](C(=O)N1CCCC1c1ncc(-c2ccc(-c3ccc(-c4cnc(C5CCCN5C(C)=O)[nH]4)cc3)cc2)[nH]1)c1ccccc1. The maximum atomic E-state index is 13.8. The molecule has 7 rings (SSSR count). The number of nitrogens with one attached hydrogen (secondary N) is 3. The topological polar surface area (TPSA) is 136 Å². The van der Waals surface area contributed by atoms with Crippen molar-refractivity contribution < 1.29 is 19.1 Å². The van der Waals surface area contributed by atoms with E-state index in [1.807, 2.05) is 41.4 Å². The van der Waals surface area contributed by atoms with E-state index in [1.165, 1.54) is 7.11 Å². The Hall–Kier alpha value is -5.71. The molecule has 2 aliphatic heterocycles. The van der Waals surface area contributed by atoms with Crippen LogP contribution in [0.2, 0.25) is 0 Å². The van der Waals surface area contributed by atoms with E-state index in [2.05, 4.69) is 73.8 Å². The molecule has 0 radical (unpaired) electrons. The molecule has 11 heteroatoms. The van der Waals surface area contributed by atoms with Gasteiger partial charge in [-0.3, -0.25) is 9.59 Å². The molecule has 3 N–H and O–H groups in total. The number of rotatable bonds is 8. The molecule has 4 heterocycles. The van der Waals surface area contributed by atoms with E-state index >= 15 is 0 Å². The lowest BCUT2D eigenvalue weighted by molar-refractivity contribution is -0.134. The number of benzene rings is 3. The van der Waals surface area contributed by atoms with Crippen LogP contribution in [0.1, 0.15) is 67.9 Å². The molecule has 3 amide bonds. The largest absolute Gasteiger partial charge is 0.453 e. The fourth-order valence-corrected chi connectivity index (χ4v) is 7.01. The third kappa shape index (κ3) is 6.56. The number of ether oxygens (including phenoxy) is 1. The smallest absolute Gasteiger partial charge is 0.407 e. The van der Waals surface area contributed by atoms with Gasteiger partial charge in [0.05, 0.1) is 43.0 Å². The molecule has 11 nitrogen and oxygen atoms in total. The first-order valence-corrected chi connectivity index (χ1v) is 16.7. The van der Waals surface area contributed by atoms with Gasteiger partial charge in [0, 0.05) is 20.0 Å². The summed E-state index contributed by atoms with van der Waals surface area (Å²) in [5.41, 5.74) is 6.68. The van der Waals surface area contributed by atoms with Gasteiger partial charge in [0.1, 0.15) is 17.7 Å². The fraction of sp³-hybridized carbons (Fsp3) is 0.289. The van der Waals surface area contributed by atoms with E-state index in [4.69, 9.17) is 4.74 Å². The molecule has 2 aliphatic rings. The zero-order valence-electron chi connectivity index (χ0n) is 27.6. The van der Waals surface area contributed by atoms with E-state index < -0.39 is 12.1 Å². The molecule has 2 fully saturated rings. The van der Waals surface area contributed by atoms with Crippen LogP contribution in [0.4, 0.5) is 4.79 Å². The first-order chi connectivity index (χ1) is 23.9. The van der Waals surface area contributed by atoms with Gasteiger partial charge in [-0.1, -0.05) is 78.9 Å². The van der Waals surface area contributed by atoms with E-state index in [0.29, 0.717) is 17.9 Å². The standard InChI is InChI=1S/C38H39N7O4/c1-24(46)44-20-6-10-32(44)35-39-22-30(41-35)27-16-12-25(13-17-27)26-14-18-28(19-15-26)31-23-40-36(42-31)33-11-7-21-45(33)37(47)34(43-38(48)49-2)29-8-4-3-5-9-29/h3-5,8-9,12-19,22-23,32-34H,6-7,10-11,20-21H2,1-2H3,(H,39,41)(H,40,42)(H,43,48)/t32?,33?,34-/m1/s1. The highest BCUT2D eigenvalue weighted by atomic mass is 16.5. The van der Waals surface area contributed by atoms with Crippen molar-refractivity contribution in [3.63, 3.8) is 0 Å². The number of methoxy groups -OCH3 is 1. The summed E-state index contributed by atoms with van der Waals surface area (Å²) in [5.74, 6) is 1.44. The van der Waals surface area contributed by atoms with Crippen LogP contribution in [0.5, 0.6) is 0 Å². The molecule has 2 unspecified atom stereocenters. The van der Waals surface area contributed by atoms with Gasteiger partial charge in [0.2, 0.25) is 5.91 Å². The predicted molar refractivity (Wildman–Crippen MR) is 185 cm³/mol. The van der Waals surface area contributed by atoms with Crippen molar-refractivity contribution >= 4 is 17.9 Å². The van der Waals surface area contributed by atoms with E-state index in [1.54, 1.807) is 18.0 Å². The van der Waals surface area contributed by atoms with Crippen LogP contribution in [0.15, 0.2) is 91.3 Å². The molecule has 250 valence electrons. The number of aromatic nitrogens is 4. The number of hydrogen-bond donors (Lipinski definition) is 3. The number of likely N-dealkylation sites (tertiary alicyclic amines) is 2. The van der Waals surface area contributed by atoms with Gasteiger partial charge in [0.25, 0.3) is 5.91 Å². The van der Waals surface area contributed by atoms with Crippen molar-refractivity contribution in [3.8, 4) is 33.6 Å². The number of amides is 3. The van der Waals surface area contributed by atoms with Crippen molar-refractivity contribution in [1.29, 1.82) is 0 Å². The zero-order valence-corrected chi connectivity index (χ0v) is 27.6. The number of imidazole rings is 2. The summed E-state index contributed by atoms with van der Waals surface area (Å²) >= 11 is 0. The second kappa shape index (κ2) is 13.8. The Kier molecular flexibility index (Phi) is 8.97. The van der Waals surface area contributed by atoms with Gasteiger partial charge in [-0.2, -0.15) is 0 Å². The Balaban J connectivity index is 1.03. The molecule has 3 aromatic carbocycles. The van der Waals surface area contributed by atoms with Gasteiger partial charge in [-0.05, 0) is 53.5 Å². The number of aromatic amines is 2. The molecule has 49 heavy (non-hydrogen) atoms. The second-order valence-corrected chi connectivity index (χ2v) is 12.6. The van der Waals surface area contributed by atoms with Crippen LogP contribution < -0.4 is 5.32 Å². The van der Waals surface area contributed by atoms with Crippen LogP contribution in [0.3, 0.4) is 0 Å². The average molecular weight is 658 g/mol. The number of hydrogen-bond acceptors (Lipinski definition) is 6. The van der Waals surface area contributed by atoms with E-state index in [0.717, 1.165) is 71.7 Å². The average Bonchev–Trinajstić information content (AvgIpc) is 3.97. The minimum absolute atomic E-state index is 0.0110. The summed E-state index contributed by atoms with van der Waals surface area (Å²) in [6.07, 6.45) is 6.50. The number of carbonyl (C=O) groups is 3. The number of H-pyrrole nitrogens is 2. The Morgan fingerprint density at radius 2 is 1.22 bits per heavy atom. The Morgan fingerprint density at radius 3 is 1.73 bits per heavy atom. The van der Waals surface area contributed by atoms with Crippen molar-refractivity contribution in [2.45, 2.75) is 50.7 Å². The first-order valence-electron chi connectivity index (χ1n) is 16.7. The molecule has 0 bridgehead atoms. The summed E-state index contributed by atoms with van der Waals surface area (Å²) in [6, 6.07) is 24.8. The monoisotopic (exact) mass is 657 g/mol. The molecule has 3 atom stereocenters. The highest BCUT2D eigenvalue weighted by molar-refractivity contribution is 5.87. The number of carbonyl (C=O) groups excluding carboxylic acids is 3. The minimum Gasteiger partial charge on any atom is -0.453 e. The third-order valence-electron chi connectivity index (χ3n) is 9.57. The summed E-state index contributed by atoms with van der Waals surface area (Å²) in [4.78, 5) is 57.8. The van der Waals surface area contributed by atoms with E-state index in [9.17, 15) is 14.4 Å². The normalized spacial score (nSPS) is 18.0. The number of alkyl carbamates (subject to hydrolysis) is 1. The quantitative estimate of drug-likeness (QED) is 0.173.